The first-order valence-electron chi connectivity index (χ1n) is 5.22. The number of nitrogens with zero attached hydrogens (tertiary/aromatic N) is 1. The minimum absolute atomic E-state index is 0.141. The Morgan fingerprint density at radius 1 is 1.44 bits per heavy atom. The van der Waals surface area contributed by atoms with Crippen LogP contribution in [0.5, 0.6) is 0 Å². The molecule has 4 nitrogen and oxygen atoms in total. The molecule has 1 aromatic heterocycles. The Morgan fingerprint density at radius 2 is 2.19 bits per heavy atom. The maximum atomic E-state index is 11.6. The lowest BCUT2D eigenvalue weighted by Crippen LogP contribution is -2.34. The van der Waals surface area contributed by atoms with Crippen molar-refractivity contribution in [2.24, 2.45) is 0 Å². The van der Waals surface area contributed by atoms with E-state index in [1.54, 1.807) is 18.3 Å². The molecule has 16 heavy (non-hydrogen) atoms. The fraction of sp³-hybridized carbons (Fsp3) is 0.455. The zero-order valence-electron chi connectivity index (χ0n) is 9.46. The first-order valence-corrected chi connectivity index (χ1v) is 6.02. The summed E-state index contributed by atoms with van der Waals surface area (Å²) < 4.78 is 0.866. The number of hydrogen-bond donors (Lipinski definition) is 2. The van der Waals surface area contributed by atoms with Crippen molar-refractivity contribution >= 4 is 21.8 Å². The number of carbonyl (C=O) groups is 1. The van der Waals surface area contributed by atoms with E-state index >= 15 is 0 Å². The summed E-state index contributed by atoms with van der Waals surface area (Å²) >= 11 is 3.27. The third-order valence-electron chi connectivity index (χ3n) is 1.92. The normalized spacial score (nSPS) is 10.5. The zero-order chi connectivity index (χ0) is 12.0. The molecule has 0 fully saturated rings. The van der Waals surface area contributed by atoms with E-state index in [1.165, 1.54) is 0 Å². The molecule has 2 N–H and O–H groups in total. The van der Waals surface area contributed by atoms with Gasteiger partial charge in [-0.15, -0.1) is 0 Å². The summed E-state index contributed by atoms with van der Waals surface area (Å²) in [4.78, 5) is 15.6. The Kier molecular flexibility index (Phi) is 5.42. The SMILES string of the molecule is CC(C)NCCNC(=O)c1ccc(Br)cn1. The molecule has 1 amide bonds. The summed E-state index contributed by atoms with van der Waals surface area (Å²) in [6.45, 7) is 5.50. The Hall–Kier alpha value is -0.940. The Bertz CT molecular complexity index is 338. The fourth-order valence-electron chi connectivity index (χ4n) is 1.14. The molecule has 1 aromatic rings. The first kappa shape index (κ1) is 13.1. The van der Waals surface area contributed by atoms with Gasteiger partial charge in [-0.05, 0) is 28.1 Å². The predicted molar refractivity (Wildman–Crippen MR) is 67.4 cm³/mol. The Morgan fingerprint density at radius 3 is 2.75 bits per heavy atom. The highest BCUT2D eigenvalue weighted by Crippen LogP contribution is 2.06. The summed E-state index contributed by atoms with van der Waals surface area (Å²) in [5.74, 6) is -0.141. The monoisotopic (exact) mass is 285 g/mol. The van der Waals surface area contributed by atoms with Gasteiger partial charge in [-0.3, -0.25) is 4.79 Å². The maximum Gasteiger partial charge on any atom is 0.269 e. The number of rotatable bonds is 5. The highest BCUT2D eigenvalue weighted by Gasteiger charge is 2.05. The van der Waals surface area contributed by atoms with Crippen molar-refractivity contribution in [1.82, 2.24) is 15.6 Å². The van der Waals surface area contributed by atoms with Gasteiger partial charge in [0.2, 0.25) is 0 Å². The van der Waals surface area contributed by atoms with Gasteiger partial charge in [0.05, 0.1) is 0 Å². The standard InChI is InChI=1S/C11H16BrN3O/c1-8(2)13-5-6-14-11(16)10-4-3-9(12)7-15-10/h3-4,7-8,13H,5-6H2,1-2H3,(H,14,16). The average Bonchev–Trinajstić information content (AvgIpc) is 2.25. The molecule has 88 valence electrons. The van der Waals surface area contributed by atoms with Gasteiger partial charge in [-0.2, -0.15) is 0 Å². The fourth-order valence-corrected chi connectivity index (χ4v) is 1.37. The third-order valence-corrected chi connectivity index (χ3v) is 2.39. The molecule has 0 saturated carbocycles. The van der Waals surface area contributed by atoms with E-state index in [-0.39, 0.29) is 5.91 Å². The second-order valence-corrected chi connectivity index (χ2v) is 4.64. The molecule has 0 aliphatic rings. The molecule has 0 aliphatic heterocycles. The van der Waals surface area contributed by atoms with Crippen LogP contribution in [0.2, 0.25) is 0 Å². The second-order valence-electron chi connectivity index (χ2n) is 3.73. The molecule has 0 aliphatic carbocycles. The van der Waals surface area contributed by atoms with E-state index in [1.807, 2.05) is 0 Å². The quantitative estimate of drug-likeness (QED) is 0.808. The number of pyridine rings is 1. The van der Waals surface area contributed by atoms with Crippen molar-refractivity contribution in [3.63, 3.8) is 0 Å². The van der Waals surface area contributed by atoms with E-state index in [9.17, 15) is 4.79 Å². The van der Waals surface area contributed by atoms with E-state index in [0.717, 1.165) is 11.0 Å². The summed E-state index contributed by atoms with van der Waals surface area (Å²) in [7, 11) is 0. The molecule has 0 bridgehead atoms. The Labute approximate surface area is 104 Å². The molecule has 0 radical (unpaired) electrons. The van der Waals surface area contributed by atoms with Crippen LogP contribution in [0.4, 0.5) is 0 Å². The lowest BCUT2D eigenvalue weighted by Gasteiger charge is -2.08. The van der Waals surface area contributed by atoms with Crippen LogP contribution in [0.25, 0.3) is 0 Å². The lowest BCUT2D eigenvalue weighted by molar-refractivity contribution is 0.0948. The van der Waals surface area contributed by atoms with Gasteiger partial charge in [0.15, 0.2) is 0 Å². The minimum atomic E-state index is -0.141. The van der Waals surface area contributed by atoms with E-state index in [0.29, 0.717) is 18.3 Å². The van der Waals surface area contributed by atoms with E-state index in [4.69, 9.17) is 0 Å². The van der Waals surface area contributed by atoms with Crippen molar-refractivity contribution in [3.8, 4) is 0 Å². The van der Waals surface area contributed by atoms with Crippen LogP contribution >= 0.6 is 15.9 Å². The highest BCUT2D eigenvalue weighted by molar-refractivity contribution is 9.10. The Balaban J connectivity index is 2.32. The number of nitrogens with one attached hydrogen (secondary N) is 2. The summed E-state index contributed by atoms with van der Waals surface area (Å²) in [6, 6.07) is 3.92. The van der Waals surface area contributed by atoms with Gasteiger partial charge in [0, 0.05) is 29.8 Å². The molecule has 5 heteroatoms. The molecule has 1 heterocycles. The number of aromatic nitrogens is 1. The zero-order valence-corrected chi connectivity index (χ0v) is 11.0. The summed E-state index contributed by atoms with van der Waals surface area (Å²) in [5.41, 5.74) is 0.438. The van der Waals surface area contributed by atoms with E-state index in [2.05, 4.69) is 45.4 Å². The molecular weight excluding hydrogens is 270 g/mol. The van der Waals surface area contributed by atoms with Crippen LogP contribution < -0.4 is 10.6 Å². The largest absolute Gasteiger partial charge is 0.349 e. The lowest BCUT2D eigenvalue weighted by atomic mass is 10.3. The van der Waals surface area contributed by atoms with Crippen molar-refractivity contribution in [1.29, 1.82) is 0 Å². The molecule has 0 aromatic carbocycles. The maximum absolute atomic E-state index is 11.6. The van der Waals surface area contributed by atoms with Crippen LogP contribution in [0, 0.1) is 0 Å². The van der Waals surface area contributed by atoms with Gasteiger partial charge in [0.25, 0.3) is 5.91 Å². The minimum Gasteiger partial charge on any atom is -0.349 e. The topological polar surface area (TPSA) is 54.0 Å². The molecule has 0 atom stereocenters. The average molecular weight is 286 g/mol. The second kappa shape index (κ2) is 6.60. The van der Waals surface area contributed by atoms with Crippen molar-refractivity contribution in [3.05, 3.63) is 28.5 Å². The summed E-state index contributed by atoms with van der Waals surface area (Å²) in [6.07, 6.45) is 1.61. The van der Waals surface area contributed by atoms with Gasteiger partial charge < -0.3 is 10.6 Å². The third kappa shape index (κ3) is 4.72. The number of amides is 1. The van der Waals surface area contributed by atoms with Gasteiger partial charge in [-0.1, -0.05) is 13.8 Å². The molecule has 1 rings (SSSR count). The smallest absolute Gasteiger partial charge is 0.269 e. The molecular formula is C11H16BrN3O. The van der Waals surface area contributed by atoms with Crippen molar-refractivity contribution in [2.45, 2.75) is 19.9 Å². The van der Waals surface area contributed by atoms with E-state index < -0.39 is 0 Å². The summed E-state index contributed by atoms with van der Waals surface area (Å²) in [5, 5.41) is 6.01. The van der Waals surface area contributed by atoms with Gasteiger partial charge in [0.1, 0.15) is 5.69 Å². The predicted octanol–water partition coefficient (Wildman–Crippen LogP) is 1.57. The van der Waals surface area contributed by atoms with Gasteiger partial charge in [-0.25, -0.2) is 4.98 Å². The van der Waals surface area contributed by atoms with Crippen LogP contribution in [0.3, 0.4) is 0 Å². The van der Waals surface area contributed by atoms with Crippen molar-refractivity contribution < 1.29 is 4.79 Å². The molecule has 0 unspecified atom stereocenters. The number of carbonyl (C=O) groups excluding carboxylic acids is 1. The molecule has 0 spiro atoms. The van der Waals surface area contributed by atoms with Crippen LogP contribution in [0.1, 0.15) is 24.3 Å². The number of halogens is 1. The first-order chi connectivity index (χ1) is 7.59. The van der Waals surface area contributed by atoms with Crippen molar-refractivity contribution in [2.75, 3.05) is 13.1 Å². The molecule has 0 saturated heterocycles. The highest BCUT2D eigenvalue weighted by atomic mass is 79.9. The number of hydrogen-bond acceptors (Lipinski definition) is 3. The van der Waals surface area contributed by atoms with Crippen LogP contribution in [0.15, 0.2) is 22.8 Å². The van der Waals surface area contributed by atoms with Crippen LogP contribution in [-0.2, 0) is 0 Å². The van der Waals surface area contributed by atoms with Gasteiger partial charge >= 0.3 is 0 Å². The van der Waals surface area contributed by atoms with Crippen LogP contribution in [-0.4, -0.2) is 30.0 Å².